The summed E-state index contributed by atoms with van der Waals surface area (Å²) >= 11 is 0. The number of rotatable bonds is 5. The molecule has 0 fully saturated rings. The summed E-state index contributed by atoms with van der Waals surface area (Å²) in [6.07, 6.45) is 0. The molecular formula is C17H20N4O4S. The minimum atomic E-state index is -3.78. The number of aromatic nitrogens is 2. The molecule has 3 rings (SSSR count). The molecule has 2 heterocycles. The molecule has 0 unspecified atom stereocenters. The van der Waals surface area contributed by atoms with E-state index in [1.165, 1.54) is 12.1 Å². The second kappa shape index (κ2) is 6.67. The molecule has 26 heavy (non-hydrogen) atoms. The molecule has 1 aromatic carbocycles. The third-order valence-electron chi connectivity index (χ3n) is 3.37. The molecule has 0 aliphatic carbocycles. The van der Waals surface area contributed by atoms with E-state index < -0.39 is 15.6 Å². The van der Waals surface area contributed by atoms with Crippen molar-refractivity contribution in [3.8, 4) is 23.0 Å². The molecule has 0 atom stereocenters. The van der Waals surface area contributed by atoms with Gasteiger partial charge in [0.15, 0.2) is 5.76 Å². The van der Waals surface area contributed by atoms with Gasteiger partial charge in [0.25, 0.3) is 15.9 Å². The number of benzene rings is 1. The molecule has 0 saturated heterocycles. The van der Waals surface area contributed by atoms with Gasteiger partial charge in [-0.05, 0) is 38.5 Å². The van der Waals surface area contributed by atoms with E-state index in [1.54, 1.807) is 20.8 Å². The molecule has 0 radical (unpaired) electrons. The topological polar surface area (TPSA) is 124 Å². The molecule has 0 aliphatic rings. The molecular weight excluding hydrogens is 356 g/mol. The lowest BCUT2D eigenvalue weighted by molar-refractivity contribution is 0.395. The summed E-state index contributed by atoms with van der Waals surface area (Å²) in [6, 6.07) is 10.3. The van der Waals surface area contributed by atoms with E-state index in [1.807, 2.05) is 24.3 Å². The van der Waals surface area contributed by atoms with Gasteiger partial charge in [0, 0.05) is 17.6 Å². The number of hydrogen-bond donors (Lipinski definition) is 2. The van der Waals surface area contributed by atoms with Crippen LogP contribution in [0.1, 0.15) is 26.3 Å². The fourth-order valence-corrected chi connectivity index (χ4v) is 3.62. The minimum Gasteiger partial charge on any atom is -0.438 e. The van der Waals surface area contributed by atoms with Crippen LogP contribution < -0.4 is 10.5 Å². The van der Waals surface area contributed by atoms with Crippen molar-refractivity contribution in [2.75, 3.05) is 0 Å². The number of sulfonamides is 1. The summed E-state index contributed by atoms with van der Waals surface area (Å²) in [4.78, 5) is 4.26. The summed E-state index contributed by atoms with van der Waals surface area (Å²) in [5.41, 5.74) is 6.70. The van der Waals surface area contributed by atoms with Crippen molar-refractivity contribution >= 4 is 10.0 Å². The molecule has 0 aliphatic heterocycles. The molecule has 0 amide bonds. The molecule has 2 aromatic heterocycles. The van der Waals surface area contributed by atoms with E-state index in [2.05, 4.69) is 14.9 Å². The Bertz CT molecular complexity index is 998. The normalized spacial score (nSPS) is 12.5. The van der Waals surface area contributed by atoms with Crippen LogP contribution in [0.2, 0.25) is 0 Å². The van der Waals surface area contributed by atoms with E-state index in [0.717, 1.165) is 11.1 Å². The lowest BCUT2D eigenvalue weighted by Gasteiger charge is -2.18. The van der Waals surface area contributed by atoms with Crippen molar-refractivity contribution in [2.24, 2.45) is 5.73 Å². The number of hydrogen-bond acceptors (Lipinski definition) is 7. The third kappa shape index (κ3) is 4.01. The quantitative estimate of drug-likeness (QED) is 0.701. The van der Waals surface area contributed by atoms with Crippen LogP contribution >= 0.6 is 0 Å². The lowest BCUT2D eigenvalue weighted by atomic mass is 10.1. The first-order chi connectivity index (χ1) is 12.2. The standard InChI is InChI=1S/C17H20N4O4S/c1-17(2,3)21-26(22,23)14-9-8-13(24-14)16-19-15(20-25-16)12-6-4-11(10-18)5-7-12/h4-9,21H,10,18H2,1-3H3. The Kier molecular flexibility index (Phi) is 4.70. The first kappa shape index (κ1) is 18.3. The highest BCUT2D eigenvalue weighted by Crippen LogP contribution is 2.26. The van der Waals surface area contributed by atoms with Gasteiger partial charge >= 0.3 is 0 Å². The third-order valence-corrected chi connectivity index (χ3v) is 5.00. The highest BCUT2D eigenvalue weighted by atomic mass is 32.2. The second-order valence-corrected chi connectivity index (χ2v) is 8.41. The zero-order valence-corrected chi connectivity index (χ0v) is 15.5. The predicted molar refractivity (Wildman–Crippen MR) is 95.4 cm³/mol. The van der Waals surface area contributed by atoms with Crippen molar-refractivity contribution in [1.29, 1.82) is 0 Å². The first-order valence-corrected chi connectivity index (χ1v) is 9.43. The zero-order valence-electron chi connectivity index (χ0n) is 14.7. The maximum absolute atomic E-state index is 12.3. The number of nitrogens with zero attached hydrogens (tertiary/aromatic N) is 2. The highest BCUT2D eigenvalue weighted by Gasteiger charge is 2.26. The van der Waals surface area contributed by atoms with Gasteiger partial charge < -0.3 is 14.7 Å². The van der Waals surface area contributed by atoms with Gasteiger partial charge in [-0.25, -0.2) is 13.1 Å². The lowest BCUT2D eigenvalue weighted by Crippen LogP contribution is -2.40. The Hall–Kier alpha value is -2.49. The van der Waals surface area contributed by atoms with Crippen LogP contribution in [0.3, 0.4) is 0 Å². The van der Waals surface area contributed by atoms with E-state index >= 15 is 0 Å². The maximum atomic E-state index is 12.3. The molecule has 0 bridgehead atoms. The molecule has 3 aromatic rings. The number of furan rings is 1. The summed E-state index contributed by atoms with van der Waals surface area (Å²) in [5.74, 6) is 0.647. The van der Waals surface area contributed by atoms with Crippen LogP contribution in [-0.2, 0) is 16.6 Å². The fourth-order valence-electron chi connectivity index (χ4n) is 2.26. The summed E-state index contributed by atoms with van der Waals surface area (Å²) in [6.45, 7) is 5.68. The van der Waals surface area contributed by atoms with E-state index in [0.29, 0.717) is 12.4 Å². The molecule has 3 N–H and O–H groups in total. The van der Waals surface area contributed by atoms with Crippen LogP contribution in [-0.4, -0.2) is 24.1 Å². The Morgan fingerprint density at radius 3 is 2.42 bits per heavy atom. The Morgan fingerprint density at radius 2 is 1.81 bits per heavy atom. The van der Waals surface area contributed by atoms with Gasteiger partial charge in [-0.2, -0.15) is 4.98 Å². The fraction of sp³-hybridized carbons (Fsp3) is 0.294. The van der Waals surface area contributed by atoms with Crippen LogP contribution in [0.15, 0.2) is 50.4 Å². The minimum absolute atomic E-state index is 0.0973. The van der Waals surface area contributed by atoms with Crippen LogP contribution in [0.5, 0.6) is 0 Å². The van der Waals surface area contributed by atoms with Crippen molar-refractivity contribution in [2.45, 2.75) is 37.9 Å². The molecule has 0 spiro atoms. The second-order valence-electron chi connectivity index (χ2n) is 6.80. The van der Waals surface area contributed by atoms with E-state index in [-0.39, 0.29) is 16.7 Å². The van der Waals surface area contributed by atoms with E-state index in [4.69, 9.17) is 14.7 Å². The van der Waals surface area contributed by atoms with Crippen molar-refractivity contribution < 1.29 is 17.4 Å². The Balaban J connectivity index is 1.85. The Labute approximate surface area is 151 Å². The first-order valence-electron chi connectivity index (χ1n) is 7.95. The van der Waals surface area contributed by atoms with Gasteiger partial charge in [-0.1, -0.05) is 29.4 Å². The maximum Gasteiger partial charge on any atom is 0.293 e. The van der Waals surface area contributed by atoms with Gasteiger partial charge in [0.05, 0.1) is 0 Å². The van der Waals surface area contributed by atoms with Gasteiger partial charge in [0.2, 0.25) is 10.9 Å². The van der Waals surface area contributed by atoms with Crippen LogP contribution in [0.4, 0.5) is 0 Å². The van der Waals surface area contributed by atoms with Crippen molar-refractivity contribution in [3.63, 3.8) is 0 Å². The average molecular weight is 376 g/mol. The SMILES string of the molecule is CC(C)(C)NS(=O)(=O)c1ccc(-c2nc(-c3ccc(CN)cc3)no2)o1. The molecule has 0 saturated carbocycles. The van der Waals surface area contributed by atoms with Crippen LogP contribution in [0.25, 0.3) is 23.0 Å². The summed E-state index contributed by atoms with van der Waals surface area (Å²) in [7, 11) is -3.78. The van der Waals surface area contributed by atoms with Gasteiger partial charge in [-0.3, -0.25) is 0 Å². The smallest absolute Gasteiger partial charge is 0.293 e. The largest absolute Gasteiger partial charge is 0.438 e. The van der Waals surface area contributed by atoms with E-state index in [9.17, 15) is 8.42 Å². The number of nitrogens with one attached hydrogen (secondary N) is 1. The zero-order chi connectivity index (χ0) is 18.9. The monoisotopic (exact) mass is 376 g/mol. The summed E-state index contributed by atoms with van der Waals surface area (Å²) < 4.78 is 37.7. The highest BCUT2D eigenvalue weighted by molar-refractivity contribution is 7.89. The van der Waals surface area contributed by atoms with Crippen molar-refractivity contribution in [1.82, 2.24) is 14.9 Å². The van der Waals surface area contributed by atoms with Crippen LogP contribution in [0, 0.1) is 0 Å². The van der Waals surface area contributed by atoms with Crippen molar-refractivity contribution in [3.05, 3.63) is 42.0 Å². The predicted octanol–water partition coefficient (Wildman–Crippen LogP) is 2.53. The molecule has 9 heteroatoms. The average Bonchev–Trinajstić information content (AvgIpc) is 3.22. The summed E-state index contributed by atoms with van der Waals surface area (Å²) in [5, 5.41) is 3.69. The number of nitrogens with two attached hydrogens (primary N) is 1. The van der Waals surface area contributed by atoms with Gasteiger partial charge in [-0.15, -0.1) is 0 Å². The van der Waals surface area contributed by atoms with Gasteiger partial charge in [0.1, 0.15) is 0 Å². The molecule has 8 nitrogen and oxygen atoms in total. The molecule has 138 valence electrons. The Morgan fingerprint density at radius 1 is 1.12 bits per heavy atom.